The van der Waals surface area contributed by atoms with Gasteiger partial charge in [-0.05, 0) is 35.5 Å². The highest BCUT2D eigenvalue weighted by atomic mass is 16.2. The van der Waals surface area contributed by atoms with Gasteiger partial charge in [0.05, 0.1) is 17.3 Å². The Morgan fingerprint density at radius 1 is 1.13 bits per heavy atom. The summed E-state index contributed by atoms with van der Waals surface area (Å²) in [5.74, 6) is 0.382. The van der Waals surface area contributed by atoms with Gasteiger partial charge in [0.2, 0.25) is 5.82 Å². The number of tetrazole rings is 1. The summed E-state index contributed by atoms with van der Waals surface area (Å²) in [6.07, 6.45) is 0. The lowest BCUT2D eigenvalue weighted by molar-refractivity contribution is 0.262. The van der Waals surface area contributed by atoms with Crippen LogP contribution in [0.25, 0.3) is 11.4 Å². The Labute approximate surface area is 131 Å². The van der Waals surface area contributed by atoms with Gasteiger partial charge in [-0.15, -0.1) is 10.2 Å². The quantitative estimate of drug-likeness (QED) is 0.686. The molecule has 0 spiro atoms. The highest BCUT2D eigenvalue weighted by molar-refractivity contribution is 6.02. The number of urea groups is 1. The number of carbonyl (C=O) groups is 1. The fourth-order valence-corrected chi connectivity index (χ4v) is 2.01. The number of nitrogens with one attached hydrogen (secondary N) is 3. The van der Waals surface area contributed by atoms with Crippen molar-refractivity contribution in [3.8, 4) is 17.5 Å². The molecule has 0 radical (unpaired) electrons. The highest BCUT2D eigenvalue weighted by Crippen LogP contribution is 2.24. The van der Waals surface area contributed by atoms with Crippen molar-refractivity contribution in [2.45, 2.75) is 0 Å². The van der Waals surface area contributed by atoms with Crippen LogP contribution in [-0.4, -0.2) is 26.7 Å². The van der Waals surface area contributed by atoms with Crippen molar-refractivity contribution >= 4 is 17.4 Å². The summed E-state index contributed by atoms with van der Waals surface area (Å²) in [5, 5.41) is 28.0. The predicted molar refractivity (Wildman–Crippen MR) is 83.4 cm³/mol. The molecule has 0 aliphatic carbocycles. The molecule has 0 unspecified atom stereocenters. The van der Waals surface area contributed by atoms with E-state index < -0.39 is 6.03 Å². The van der Waals surface area contributed by atoms with Crippen LogP contribution >= 0.6 is 0 Å². The minimum Gasteiger partial charge on any atom is -0.308 e. The molecule has 0 saturated carbocycles. The first-order chi connectivity index (χ1) is 11.3. The molecular weight excluding hydrogens is 294 g/mol. The Bertz CT molecular complexity index is 868. The van der Waals surface area contributed by atoms with Crippen LogP contribution in [0.3, 0.4) is 0 Å². The number of benzene rings is 2. The van der Waals surface area contributed by atoms with Crippen LogP contribution in [0.5, 0.6) is 0 Å². The molecule has 0 bridgehead atoms. The molecule has 3 N–H and O–H groups in total. The Morgan fingerprint density at radius 2 is 2.00 bits per heavy atom. The molecule has 2 amide bonds. The lowest BCUT2D eigenvalue weighted by Crippen LogP contribution is -2.19. The van der Waals surface area contributed by atoms with Crippen LogP contribution in [0.4, 0.5) is 16.2 Å². The summed E-state index contributed by atoms with van der Waals surface area (Å²) >= 11 is 0. The number of amides is 2. The van der Waals surface area contributed by atoms with Gasteiger partial charge in [-0.3, -0.25) is 0 Å². The molecule has 2 aromatic carbocycles. The van der Waals surface area contributed by atoms with Crippen molar-refractivity contribution in [1.29, 1.82) is 5.26 Å². The number of aromatic amines is 1. The third kappa shape index (κ3) is 3.30. The second-order valence-corrected chi connectivity index (χ2v) is 4.55. The number of para-hydroxylation sites is 1. The summed E-state index contributed by atoms with van der Waals surface area (Å²) in [5.41, 5.74) is 2.18. The maximum atomic E-state index is 12.1. The first kappa shape index (κ1) is 14.2. The molecule has 3 rings (SSSR count). The summed E-state index contributed by atoms with van der Waals surface area (Å²) in [4.78, 5) is 12.1. The lowest BCUT2D eigenvalue weighted by atomic mass is 10.1. The number of hydrogen-bond acceptors (Lipinski definition) is 5. The van der Waals surface area contributed by atoms with Crippen molar-refractivity contribution in [3.05, 3.63) is 54.1 Å². The van der Waals surface area contributed by atoms with Crippen LogP contribution in [0.15, 0.2) is 48.5 Å². The molecule has 0 saturated heterocycles. The molecule has 0 aliphatic rings. The Balaban J connectivity index is 1.77. The number of hydrogen-bond donors (Lipinski definition) is 3. The zero-order valence-electron chi connectivity index (χ0n) is 11.8. The van der Waals surface area contributed by atoms with Gasteiger partial charge in [-0.25, -0.2) is 4.79 Å². The second-order valence-electron chi connectivity index (χ2n) is 4.55. The van der Waals surface area contributed by atoms with Gasteiger partial charge >= 0.3 is 6.03 Å². The molecule has 1 heterocycles. The molecular formula is C15H11N7O. The predicted octanol–water partition coefficient (Wildman–Crippen LogP) is 2.38. The first-order valence-electron chi connectivity index (χ1n) is 6.67. The molecule has 0 fully saturated rings. The largest absolute Gasteiger partial charge is 0.323 e. The fourth-order valence-electron chi connectivity index (χ4n) is 2.01. The topological polar surface area (TPSA) is 119 Å². The number of nitrogens with zero attached hydrogens (tertiary/aromatic N) is 4. The van der Waals surface area contributed by atoms with Gasteiger partial charge < -0.3 is 10.6 Å². The lowest BCUT2D eigenvalue weighted by Gasteiger charge is -2.10. The fraction of sp³-hybridized carbons (Fsp3) is 0. The van der Waals surface area contributed by atoms with Gasteiger partial charge in [0, 0.05) is 11.3 Å². The Morgan fingerprint density at radius 3 is 2.78 bits per heavy atom. The van der Waals surface area contributed by atoms with Crippen LogP contribution in [0.1, 0.15) is 5.56 Å². The van der Waals surface area contributed by atoms with Crippen molar-refractivity contribution in [1.82, 2.24) is 20.6 Å². The molecule has 0 aliphatic heterocycles. The van der Waals surface area contributed by atoms with Gasteiger partial charge in [-0.1, -0.05) is 18.2 Å². The molecule has 112 valence electrons. The Kier molecular flexibility index (Phi) is 3.93. The van der Waals surface area contributed by atoms with Gasteiger partial charge in [0.15, 0.2) is 0 Å². The summed E-state index contributed by atoms with van der Waals surface area (Å²) in [6, 6.07) is 15.3. The number of anilines is 2. The minimum atomic E-state index is -0.434. The summed E-state index contributed by atoms with van der Waals surface area (Å²) in [7, 11) is 0. The van der Waals surface area contributed by atoms with E-state index in [1.165, 1.54) is 0 Å². The molecule has 3 aromatic rings. The molecule has 1 aromatic heterocycles. The van der Waals surface area contributed by atoms with Gasteiger partial charge in [-0.2, -0.15) is 10.5 Å². The molecule has 8 heteroatoms. The van der Waals surface area contributed by atoms with E-state index >= 15 is 0 Å². The zero-order chi connectivity index (χ0) is 16.1. The third-order valence-electron chi connectivity index (χ3n) is 3.01. The number of nitriles is 1. The van der Waals surface area contributed by atoms with E-state index in [0.29, 0.717) is 28.3 Å². The standard InChI is InChI=1S/C15H11N7O/c16-9-10-4-3-5-11(8-10)17-15(23)18-13-7-2-1-6-12(13)14-19-21-22-20-14/h1-8H,(H2,17,18,23)(H,19,20,21,22). The first-order valence-corrected chi connectivity index (χ1v) is 6.67. The monoisotopic (exact) mass is 305 g/mol. The average molecular weight is 305 g/mol. The minimum absolute atomic E-state index is 0.382. The number of H-pyrrole nitrogens is 1. The van der Waals surface area contributed by atoms with Crippen LogP contribution in [-0.2, 0) is 0 Å². The number of rotatable bonds is 3. The van der Waals surface area contributed by atoms with E-state index in [2.05, 4.69) is 31.3 Å². The molecule has 0 atom stereocenters. The van der Waals surface area contributed by atoms with Crippen molar-refractivity contribution in [2.75, 3.05) is 10.6 Å². The van der Waals surface area contributed by atoms with Crippen molar-refractivity contribution in [3.63, 3.8) is 0 Å². The maximum absolute atomic E-state index is 12.1. The molecule has 23 heavy (non-hydrogen) atoms. The van der Waals surface area contributed by atoms with Gasteiger partial charge in [0.1, 0.15) is 0 Å². The summed E-state index contributed by atoms with van der Waals surface area (Å²) < 4.78 is 0. The SMILES string of the molecule is N#Cc1cccc(NC(=O)Nc2ccccc2-c2nn[nH]n2)c1. The van der Waals surface area contributed by atoms with E-state index in [4.69, 9.17) is 5.26 Å². The Hall–Kier alpha value is -3.73. The average Bonchev–Trinajstić information content (AvgIpc) is 3.10. The van der Waals surface area contributed by atoms with Gasteiger partial charge in [0.25, 0.3) is 0 Å². The van der Waals surface area contributed by atoms with Crippen LogP contribution in [0.2, 0.25) is 0 Å². The van der Waals surface area contributed by atoms with E-state index in [1.807, 2.05) is 12.1 Å². The van der Waals surface area contributed by atoms with E-state index in [0.717, 1.165) is 0 Å². The van der Waals surface area contributed by atoms with Crippen LogP contribution in [0, 0.1) is 11.3 Å². The third-order valence-corrected chi connectivity index (χ3v) is 3.01. The molecule has 8 nitrogen and oxygen atoms in total. The van der Waals surface area contributed by atoms with E-state index in [1.54, 1.807) is 42.5 Å². The normalized spacial score (nSPS) is 9.87. The van der Waals surface area contributed by atoms with Crippen molar-refractivity contribution in [2.24, 2.45) is 0 Å². The summed E-state index contributed by atoms with van der Waals surface area (Å²) in [6.45, 7) is 0. The van der Waals surface area contributed by atoms with E-state index in [-0.39, 0.29) is 0 Å². The van der Waals surface area contributed by atoms with Crippen LogP contribution < -0.4 is 10.6 Å². The highest BCUT2D eigenvalue weighted by Gasteiger charge is 2.11. The maximum Gasteiger partial charge on any atom is 0.323 e. The number of aromatic nitrogens is 4. The number of carbonyl (C=O) groups excluding carboxylic acids is 1. The smallest absolute Gasteiger partial charge is 0.308 e. The van der Waals surface area contributed by atoms with E-state index in [9.17, 15) is 4.79 Å². The van der Waals surface area contributed by atoms with Crippen molar-refractivity contribution < 1.29 is 4.79 Å². The zero-order valence-corrected chi connectivity index (χ0v) is 11.8. The second kappa shape index (κ2) is 6.36.